The van der Waals surface area contributed by atoms with Gasteiger partial charge in [-0.1, -0.05) is 29.8 Å². The van der Waals surface area contributed by atoms with Gasteiger partial charge in [-0.3, -0.25) is 0 Å². The first-order chi connectivity index (χ1) is 13.2. The predicted octanol–water partition coefficient (Wildman–Crippen LogP) is 4.55. The monoisotopic (exact) mass is 384 g/mol. The molecule has 0 fully saturated rings. The first-order valence-corrected chi connectivity index (χ1v) is 8.87. The highest BCUT2D eigenvalue weighted by Gasteiger charge is 2.05. The van der Waals surface area contributed by atoms with Gasteiger partial charge in [-0.15, -0.1) is 0 Å². The second kappa shape index (κ2) is 9.09. The van der Waals surface area contributed by atoms with E-state index in [0.717, 1.165) is 23.4 Å². The molecular formula is C20H21ClN4O2. The van der Waals surface area contributed by atoms with Crippen molar-refractivity contribution < 1.29 is 9.47 Å². The Balaban J connectivity index is 1.61. The average molecular weight is 385 g/mol. The fraction of sp³-hybridized carbons (Fsp3) is 0.200. The van der Waals surface area contributed by atoms with Crippen LogP contribution in [0.5, 0.6) is 11.5 Å². The van der Waals surface area contributed by atoms with Crippen LogP contribution in [0.4, 0.5) is 17.5 Å². The molecule has 0 amide bonds. The van der Waals surface area contributed by atoms with E-state index in [-0.39, 0.29) is 0 Å². The SMILES string of the molecule is COc1ccc(Nc2ccnc(NCCc3ccccc3OC)n2)cc1Cl. The minimum Gasteiger partial charge on any atom is -0.496 e. The molecule has 140 valence electrons. The molecule has 0 spiro atoms. The molecular weight excluding hydrogens is 364 g/mol. The molecule has 0 bridgehead atoms. The molecule has 0 unspecified atom stereocenters. The minimum absolute atomic E-state index is 0.534. The Morgan fingerprint density at radius 2 is 1.81 bits per heavy atom. The molecule has 2 N–H and O–H groups in total. The maximum atomic E-state index is 6.16. The summed E-state index contributed by atoms with van der Waals surface area (Å²) in [5.74, 6) is 2.73. The van der Waals surface area contributed by atoms with Crippen molar-refractivity contribution in [2.75, 3.05) is 31.4 Å². The van der Waals surface area contributed by atoms with E-state index in [2.05, 4.69) is 20.6 Å². The summed E-state index contributed by atoms with van der Waals surface area (Å²) in [5.41, 5.74) is 1.95. The zero-order valence-electron chi connectivity index (χ0n) is 15.2. The van der Waals surface area contributed by atoms with Crippen LogP contribution in [0.15, 0.2) is 54.7 Å². The first-order valence-electron chi connectivity index (χ1n) is 8.49. The van der Waals surface area contributed by atoms with E-state index in [1.54, 1.807) is 38.6 Å². The summed E-state index contributed by atoms with van der Waals surface area (Å²) in [7, 11) is 3.26. The molecule has 6 nitrogen and oxygen atoms in total. The summed E-state index contributed by atoms with van der Waals surface area (Å²) >= 11 is 6.16. The third-order valence-electron chi connectivity index (χ3n) is 3.95. The van der Waals surface area contributed by atoms with E-state index in [9.17, 15) is 0 Å². The van der Waals surface area contributed by atoms with E-state index in [1.807, 2.05) is 30.3 Å². The Labute approximate surface area is 163 Å². The van der Waals surface area contributed by atoms with Gasteiger partial charge in [0.2, 0.25) is 5.95 Å². The second-order valence-electron chi connectivity index (χ2n) is 5.73. The molecule has 0 saturated heterocycles. The highest BCUT2D eigenvalue weighted by Crippen LogP contribution is 2.28. The van der Waals surface area contributed by atoms with Crippen LogP contribution in [0.1, 0.15) is 5.56 Å². The van der Waals surface area contributed by atoms with E-state index >= 15 is 0 Å². The number of rotatable bonds is 8. The van der Waals surface area contributed by atoms with Crippen LogP contribution in [0.25, 0.3) is 0 Å². The van der Waals surface area contributed by atoms with Crippen LogP contribution < -0.4 is 20.1 Å². The number of benzene rings is 2. The zero-order chi connectivity index (χ0) is 19.1. The summed E-state index contributed by atoms with van der Waals surface area (Å²) in [6.45, 7) is 0.693. The molecule has 27 heavy (non-hydrogen) atoms. The number of halogens is 1. The number of para-hydroxylation sites is 1. The van der Waals surface area contributed by atoms with Crippen molar-refractivity contribution in [2.45, 2.75) is 6.42 Å². The van der Waals surface area contributed by atoms with Gasteiger partial charge in [0.25, 0.3) is 0 Å². The van der Waals surface area contributed by atoms with Crippen LogP contribution in [-0.2, 0) is 6.42 Å². The zero-order valence-corrected chi connectivity index (χ0v) is 16.0. The molecule has 0 aliphatic carbocycles. The molecule has 0 atom stereocenters. The van der Waals surface area contributed by atoms with Crippen molar-refractivity contribution in [3.05, 3.63) is 65.3 Å². The lowest BCUT2D eigenvalue weighted by Crippen LogP contribution is -2.09. The summed E-state index contributed by atoms with van der Waals surface area (Å²) in [6.07, 6.45) is 2.50. The lowest BCUT2D eigenvalue weighted by molar-refractivity contribution is 0.410. The normalized spacial score (nSPS) is 10.3. The number of nitrogens with zero attached hydrogens (tertiary/aromatic N) is 2. The van der Waals surface area contributed by atoms with Crippen LogP contribution >= 0.6 is 11.6 Å². The third-order valence-corrected chi connectivity index (χ3v) is 4.25. The van der Waals surface area contributed by atoms with Gasteiger partial charge in [0, 0.05) is 18.4 Å². The van der Waals surface area contributed by atoms with E-state index in [1.165, 1.54) is 0 Å². The number of hydrogen-bond donors (Lipinski definition) is 2. The van der Waals surface area contributed by atoms with Crippen molar-refractivity contribution in [3.63, 3.8) is 0 Å². The van der Waals surface area contributed by atoms with Gasteiger partial charge in [-0.05, 0) is 42.3 Å². The van der Waals surface area contributed by atoms with Crippen molar-refractivity contribution >= 4 is 29.1 Å². The number of methoxy groups -OCH3 is 2. The number of aromatic nitrogens is 2. The largest absolute Gasteiger partial charge is 0.496 e. The van der Waals surface area contributed by atoms with E-state index < -0.39 is 0 Å². The van der Waals surface area contributed by atoms with Crippen molar-refractivity contribution in [3.8, 4) is 11.5 Å². The van der Waals surface area contributed by atoms with Gasteiger partial charge in [0.1, 0.15) is 17.3 Å². The molecule has 1 heterocycles. The number of hydrogen-bond acceptors (Lipinski definition) is 6. The van der Waals surface area contributed by atoms with Gasteiger partial charge in [0.05, 0.1) is 19.2 Å². The Bertz CT molecular complexity index is 905. The maximum absolute atomic E-state index is 6.16. The number of ether oxygens (including phenoxy) is 2. The van der Waals surface area contributed by atoms with Crippen LogP contribution in [0.3, 0.4) is 0 Å². The van der Waals surface area contributed by atoms with Gasteiger partial charge in [0.15, 0.2) is 0 Å². The van der Waals surface area contributed by atoms with Gasteiger partial charge < -0.3 is 20.1 Å². The maximum Gasteiger partial charge on any atom is 0.224 e. The topological polar surface area (TPSA) is 68.3 Å². The van der Waals surface area contributed by atoms with Gasteiger partial charge in [-0.25, -0.2) is 4.98 Å². The molecule has 2 aromatic carbocycles. The Kier molecular flexibility index (Phi) is 6.33. The Hall–Kier alpha value is -2.99. The number of nitrogens with one attached hydrogen (secondary N) is 2. The lowest BCUT2D eigenvalue weighted by atomic mass is 10.1. The predicted molar refractivity (Wildman–Crippen MR) is 109 cm³/mol. The standard InChI is InChI=1S/C20H21ClN4O2/c1-26-17-6-4-3-5-14(17)9-11-22-20-23-12-10-19(25-20)24-15-7-8-18(27-2)16(21)13-15/h3-8,10,12-13H,9,11H2,1-2H3,(H2,22,23,24,25). The molecule has 0 aliphatic rings. The molecule has 3 rings (SSSR count). The third kappa shape index (κ3) is 5.01. The van der Waals surface area contributed by atoms with Crippen LogP contribution in [0.2, 0.25) is 5.02 Å². The highest BCUT2D eigenvalue weighted by atomic mass is 35.5. The fourth-order valence-electron chi connectivity index (χ4n) is 2.62. The quantitative estimate of drug-likeness (QED) is 0.594. The summed E-state index contributed by atoms with van der Waals surface area (Å²) in [5, 5.41) is 6.98. The Morgan fingerprint density at radius 3 is 2.59 bits per heavy atom. The lowest BCUT2D eigenvalue weighted by Gasteiger charge is -2.11. The molecule has 3 aromatic rings. The van der Waals surface area contributed by atoms with Crippen LogP contribution in [0, 0.1) is 0 Å². The summed E-state index contributed by atoms with van der Waals surface area (Å²) in [6, 6.07) is 15.2. The van der Waals surface area contributed by atoms with Crippen molar-refractivity contribution in [1.82, 2.24) is 9.97 Å². The first kappa shape index (κ1) is 18.8. The van der Waals surface area contributed by atoms with Crippen molar-refractivity contribution in [2.24, 2.45) is 0 Å². The fourth-order valence-corrected chi connectivity index (χ4v) is 2.88. The van der Waals surface area contributed by atoms with E-state index in [0.29, 0.717) is 29.1 Å². The Morgan fingerprint density at radius 1 is 1.00 bits per heavy atom. The average Bonchev–Trinajstić information content (AvgIpc) is 2.69. The van der Waals surface area contributed by atoms with Gasteiger partial charge >= 0.3 is 0 Å². The smallest absolute Gasteiger partial charge is 0.224 e. The summed E-state index contributed by atoms with van der Waals surface area (Å²) in [4.78, 5) is 8.74. The molecule has 1 aromatic heterocycles. The van der Waals surface area contributed by atoms with Gasteiger partial charge in [-0.2, -0.15) is 4.98 Å². The van der Waals surface area contributed by atoms with Crippen molar-refractivity contribution in [1.29, 1.82) is 0 Å². The molecule has 0 saturated carbocycles. The molecule has 0 radical (unpaired) electrons. The highest BCUT2D eigenvalue weighted by molar-refractivity contribution is 6.32. The molecule has 0 aliphatic heterocycles. The second-order valence-corrected chi connectivity index (χ2v) is 6.14. The minimum atomic E-state index is 0.534. The van der Waals surface area contributed by atoms with Crippen LogP contribution in [-0.4, -0.2) is 30.7 Å². The summed E-state index contributed by atoms with van der Waals surface area (Å²) < 4.78 is 10.5. The molecule has 7 heteroatoms. The van der Waals surface area contributed by atoms with E-state index in [4.69, 9.17) is 21.1 Å². The number of anilines is 3.